The van der Waals surface area contributed by atoms with Crippen LogP contribution in [0, 0.1) is 0 Å². The van der Waals surface area contributed by atoms with Crippen molar-refractivity contribution < 1.29 is 4.74 Å². The Bertz CT molecular complexity index is 537. The lowest BCUT2D eigenvalue weighted by Crippen LogP contribution is -2.10. The Balaban J connectivity index is 2.24. The number of hydrogen-bond donors (Lipinski definition) is 1. The molecule has 5 heteroatoms. The van der Waals surface area contributed by atoms with Gasteiger partial charge in [0.2, 0.25) is 0 Å². The molecule has 0 atom stereocenters. The molecule has 0 bridgehead atoms. The predicted octanol–water partition coefficient (Wildman–Crippen LogP) is 2.51. The molecule has 0 amide bonds. The molecule has 1 aromatic carbocycles. The molecule has 0 aliphatic rings. The monoisotopic (exact) mass is 278 g/mol. The second-order valence-corrected chi connectivity index (χ2v) is 5.37. The van der Waals surface area contributed by atoms with Gasteiger partial charge in [-0.05, 0) is 5.56 Å². The Morgan fingerprint density at radius 3 is 2.72 bits per heavy atom. The molecule has 0 spiro atoms. The first-order chi connectivity index (χ1) is 8.70. The number of methoxy groups -OCH3 is 1. The first-order valence-electron chi connectivity index (χ1n) is 5.52. The Morgan fingerprint density at radius 2 is 2.11 bits per heavy atom. The number of nitrogens with zero attached hydrogens (tertiary/aromatic N) is 1. The molecule has 2 rings (SSSR count). The van der Waals surface area contributed by atoms with Gasteiger partial charge in [0, 0.05) is 13.5 Å². The zero-order valence-electron chi connectivity index (χ0n) is 10.1. The van der Waals surface area contributed by atoms with Gasteiger partial charge in [0.15, 0.2) is 0 Å². The van der Waals surface area contributed by atoms with Gasteiger partial charge < -0.3 is 10.5 Å². The maximum Gasteiger partial charge on any atom is 0.116 e. The van der Waals surface area contributed by atoms with Crippen LogP contribution in [-0.4, -0.2) is 17.1 Å². The van der Waals surface area contributed by atoms with Crippen molar-refractivity contribution in [1.82, 2.24) is 4.98 Å². The van der Waals surface area contributed by atoms with Gasteiger partial charge in [0.1, 0.15) is 4.99 Å². The van der Waals surface area contributed by atoms with E-state index >= 15 is 0 Å². The van der Waals surface area contributed by atoms with E-state index in [-0.39, 0.29) is 0 Å². The molecule has 0 radical (unpaired) electrons. The zero-order valence-corrected chi connectivity index (χ0v) is 11.7. The van der Waals surface area contributed by atoms with Crippen molar-refractivity contribution in [3.63, 3.8) is 0 Å². The van der Waals surface area contributed by atoms with Crippen molar-refractivity contribution in [2.45, 2.75) is 13.0 Å². The minimum atomic E-state index is 0.388. The minimum absolute atomic E-state index is 0.388. The highest BCUT2D eigenvalue weighted by Gasteiger charge is 2.13. The molecule has 2 N–H and O–H groups in total. The number of aromatic nitrogens is 1. The molecule has 0 saturated carbocycles. The summed E-state index contributed by atoms with van der Waals surface area (Å²) < 4.78 is 5.11. The summed E-state index contributed by atoms with van der Waals surface area (Å²) >= 11 is 6.58. The Morgan fingerprint density at radius 1 is 1.39 bits per heavy atom. The SMILES string of the molecule is COCc1nc(Cc2ccccc2)sc1C(N)=S. The highest BCUT2D eigenvalue weighted by atomic mass is 32.1. The molecule has 2 aromatic rings. The normalized spacial score (nSPS) is 10.5. The van der Waals surface area contributed by atoms with Gasteiger partial charge in [0.05, 0.1) is 22.2 Å². The molecule has 3 nitrogen and oxygen atoms in total. The summed E-state index contributed by atoms with van der Waals surface area (Å²) in [6.45, 7) is 0.442. The second kappa shape index (κ2) is 6.04. The van der Waals surface area contributed by atoms with Gasteiger partial charge in [-0.25, -0.2) is 4.98 Å². The van der Waals surface area contributed by atoms with E-state index in [2.05, 4.69) is 17.1 Å². The van der Waals surface area contributed by atoms with Crippen LogP contribution >= 0.6 is 23.6 Å². The molecule has 18 heavy (non-hydrogen) atoms. The van der Waals surface area contributed by atoms with Crippen molar-refractivity contribution in [2.24, 2.45) is 5.73 Å². The molecule has 1 heterocycles. The third kappa shape index (κ3) is 3.13. The number of rotatable bonds is 5. The fraction of sp³-hybridized carbons (Fsp3) is 0.231. The number of benzene rings is 1. The summed E-state index contributed by atoms with van der Waals surface area (Å²) in [5.74, 6) is 0. The first kappa shape index (κ1) is 13.1. The van der Waals surface area contributed by atoms with Gasteiger partial charge in [-0.2, -0.15) is 0 Å². The predicted molar refractivity (Wildman–Crippen MR) is 78.0 cm³/mol. The molecular weight excluding hydrogens is 264 g/mol. The lowest BCUT2D eigenvalue weighted by Gasteiger charge is -1.97. The van der Waals surface area contributed by atoms with Gasteiger partial charge in [0.25, 0.3) is 0 Å². The van der Waals surface area contributed by atoms with Crippen molar-refractivity contribution in [3.05, 3.63) is 51.5 Å². The molecule has 0 saturated heterocycles. The van der Waals surface area contributed by atoms with E-state index in [4.69, 9.17) is 22.7 Å². The maximum absolute atomic E-state index is 5.70. The summed E-state index contributed by atoms with van der Waals surface area (Å²) in [4.78, 5) is 5.79. The van der Waals surface area contributed by atoms with E-state index in [0.717, 1.165) is 22.0 Å². The molecule has 0 fully saturated rings. The Kier molecular flexibility index (Phi) is 4.41. The van der Waals surface area contributed by atoms with Crippen LogP contribution in [0.15, 0.2) is 30.3 Å². The van der Waals surface area contributed by atoms with Crippen LogP contribution in [0.3, 0.4) is 0 Å². The van der Waals surface area contributed by atoms with E-state index < -0.39 is 0 Å². The summed E-state index contributed by atoms with van der Waals surface area (Å²) in [5.41, 5.74) is 7.76. The van der Waals surface area contributed by atoms with Crippen molar-refractivity contribution in [1.29, 1.82) is 0 Å². The third-order valence-electron chi connectivity index (χ3n) is 2.44. The molecule has 0 aliphatic heterocycles. The highest BCUT2D eigenvalue weighted by molar-refractivity contribution is 7.81. The van der Waals surface area contributed by atoms with E-state index in [1.807, 2.05) is 18.2 Å². The van der Waals surface area contributed by atoms with Crippen LogP contribution in [-0.2, 0) is 17.8 Å². The summed E-state index contributed by atoms with van der Waals surface area (Å²) in [7, 11) is 1.64. The lowest BCUT2D eigenvalue weighted by molar-refractivity contribution is 0.182. The average Bonchev–Trinajstić information content (AvgIpc) is 2.74. The number of ether oxygens (including phenoxy) is 1. The minimum Gasteiger partial charge on any atom is -0.389 e. The molecular formula is C13H14N2OS2. The van der Waals surface area contributed by atoms with Crippen molar-refractivity contribution in [2.75, 3.05) is 7.11 Å². The smallest absolute Gasteiger partial charge is 0.116 e. The van der Waals surface area contributed by atoms with Crippen LogP contribution in [0.5, 0.6) is 0 Å². The summed E-state index contributed by atoms with van der Waals surface area (Å²) in [6, 6.07) is 10.2. The summed E-state index contributed by atoms with van der Waals surface area (Å²) in [6.07, 6.45) is 0.796. The third-order valence-corrected chi connectivity index (χ3v) is 3.91. The van der Waals surface area contributed by atoms with Gasteiger partial charge in [-0.1, -0.05) is 42.5 Å². The Hall–Kier alpha value is -1.30. The van der Waals surface area contributed by atoms with Crippen LogP contribution < -0.4 is 5.73 Å². The zero-order chi connectivity index (χ0) is 13.0. The quantitative estimate of drug-likeness (QED) is 0.854. The number of thiocarbonyl (C=S) groups is 1. The van der Waals surface area contributed by atoms with Crippen molar-refractivity contribution >= 4 is 28.5 Å². The molecule has 94 valence electrons. The average molecular weight is 278 g/mol. The van der Waals surface area contributed by atoms with Crippen molar-refractivity contribution in [3.8, 4) is 0 Å². The van der Waals surface area contributed by atoms with Crippen LogP contribution in [0.25, 0.3) is 0 Å². The van der Waals surface area contributed by atoms with Gasteiger partial charge in [-0.3, -0.25) is 0 Å². The van der Waals surface area contributed by atoms with Gasteiger partial charge >= 0.3 is 0 Å². The van der Waals surface area contributed by atoms with Crippen LogP contribution in [0.4, 0.5) is 0 Å². The topological polar surface area (TPSA) is 48.1 Å². The number of hydrogen-bond acceptors (Lipinski definition) is 4. The molecule has 0 aliphatic carbocycles. The van der Waals surface area contributed by atoms with E-state index in [1.165, 1.54) is 5.56 Å². The fourth-order valence-electron chi connectivity index (χ4n) is 1.67. The van der Waals surface area contributed by atoms with E-state index in [9.17, 15) is 0 Å². The second-order valence-electron chi connectivity index (χ2n) is 3.84. The van der Waals surface area contributed by atoms with E-state index in [1.54, 1.807) is 18.4 Å². The standard InChI is InChI=1S/C13H14N2OS2/c1-16-8-10-12(13(14)17)18-11(15-10)7-9-5-3-2-4-6-9/h2-6H,7-8H2,1H3,(H2,14,17). The highest BCUT2D eigenvalue weighted by Crippen LogP contribution is 2.21. The fourth-order valence-corrected chi connectivity index (χ4v) is 2.87. The first-order valence-corrected chi connectivity index (χ1v) is 6.74. The van der Waals surface area contributed by atoms with E-state index in [0.29, 0.717) is 11.6 Å². The van der Waals surface area contributed by atoms with Crippen LogP contribution in [0.2, 0.25) is 0 Å². The molecule has 0 unspecified atom stereocenters. The van der Waals surface area contributed by atoms with Crippen LogP contribution in [0.1, 0.15) is 21.1 Å². The maximum atomic E-state index is 5.70. The lowest BCUT2D eigenvalue weighted by atomic mass is 10.2. The Labute approximate surface area is 116 Å². The largest absolute Gasteiger partial charge is 0.389 e. The number of nitrogens with two attached hydrogens (primary N) is 1. The number of thiazole rings is 1. The van der Waals surface area contributed by atoms with Gasteiger partial charge in [-0.15, -0.1) is 11.3 Å². The molecule has 1 aromatic heterocycles. The summed E-state index contributed by atoms with van der Waals surface area (Å²) in [5, 5.41) is 1.01.